The summed E-state index contributed by atoms with van der Waals surface area (Å²) in [7, 11) is 1.64. The quantitative estimate of drug-likeness (QED) is 0.415. The first-order chi connectivity index (χ1) is 14.9. The van der Waals surface area contributed by atoms with Gasteiger partial charge in [-0.05, 0) is 18.1 Å². The van der Waals surface area contributed by atoms with Gasteiger partial charge in [-0.15, -0.1) is 11.3 Å². The Hall–Kier alpha value is -3.38. The predicted octanol–water partition coefficient (Wildman–Crippen LogP) is 5.62. The third kappa shape index (κ3) is 4.39. The molecule has 0 aliphatic heterocycles. The smallest absolute Gasteiger partial charge is 0.190 e. The number of benzene rings is 2. The summed E-state index contributed by atoms with van der Waals surface area (Å²) < 4.78 is 5.61. The molecular weight excluding hydrogens is 406 g/mol. The van der Waals surface area contributed by atoms with Crippen molar-refractivity contribution in [2.24, 2.45) is 0 Å². The minimum absolute atomic E-state index is 0.0248. The lowest BCUT2D eigenvalue weighted by molar-refractivity contribution is 0.414. The highest BCUT2D eigenvalue weighted by molar-refractivity contribution is 7.13. The lowest BCUT2D eigenvalue weighted by atomic mass is 9.86. The summed E-state index contributed by atoms with van der Waals surface area (Å²) in [5.41, 5.74) is 9.97. The zero-order chi connectivity index (χ0) is 22.0. The van der Waals surface area contributed by atoms with Gasteiger partial charge in [-0.1, -0.05) is 56.3 Å². The van der Waals surface area contributed by atoms with E-state index in [-0.39, 0.29) is 10.8 Å². The molecule has 2 heterocycles. The molecule has 2 aromatic heterocycles. The highest BCUT2D eigenvalue weighted by Crippen LogP contribution is 2.31. The number of nitrogens with two attached hydrogens (primary N) is 1. The number of anilines is 1. The predicted molar refractivity (Wildman–Crippen MR) is 130 cm³/mol. The Bertz CT molecular complexity index is 1300. The van der Waals surface area contributed by atoms with Gasteiger partial charge in [0.1, 0.15) is 5.75 Å². The lowest BCUT2D eigenvalue weighted by Gasteiger charge is -2.20. The van der Waals surface area contributed by atoms with Crippen molar-refractivity contribution in [2.75, 3.05) is 12.8 Å². The second kappa shape index (κ2) is 8.40. The molecule has 0 bridgehead atoms. The van der Waals surface area contributed by atoms with Crippen molar-refractivity contribution < 1.29 is 4.74 Å². The molecule has 2 aromatic carbocycles. The second-order valence-electron chi connectivity index (χ2n) is 8.11. The number of rotatable bonds is 6. The molecule has 0 fully saturated rings. The van der Waals surface area contributed by atoms with Crippen LogP contribution in [0, 0.1) is 0 Å². The fraction of sp³-hybridized carbons (Fsp3) is 0.200. The van der Waals surface area contributed by atoms with Crippen molar-refractivity contribution in [1.82, 2.24) is 9.97 Å². The van der Waals surface area contributed by atoms with Crippen LogP contribution in [0.2, 0.25) is 0 Å². The molecule has 0 saturated heterocycles. The van der Waals surface area contributed by atoms with Crippen LogP contribution in [0.3, 0.4) is 0 Å². The molecule has 3 N–H and O–H groups in total. The Labute approximate surface area is 185 Å². The van der Waals surface area contributed by atoms with Crippen LogP contribution in [0.15, 0.2) is 64.8 Å². The molecule has 158 valence electrons. The maximum Gasteiger partial charge on any atom is 0.190 e. The lowest BCUT2D eigenvalue weighted by Crippen LogP contribution is -2.16. The van der Waals surface area contributed by atoms with Gasteiger partial charge in [0, 0.05) is 39.6 Å². The molecule has 0 radical (unpaired) electrons. The number of pyridine rings is 1. The molecule has 0 amide bonds. The monoisotopic (exact) mass is 431 g/mol. The Morgan fingerprint density at radius 1 is 1.19 bits per heavy atom. The average Bonchev–Trinajstić information content (AvgIpc) is 3.21. The summed E-state index contributed by atoms with van der Waals surface area (Å²) in [5.74, 6) is 0.709. The van der Waals surface area contributed by atoms with Crippen molar-refractivity contribution in [3.05, 3.63) is 81.5 Å². The number of methoxy groups -OCH3 is 1. The van der Waals surface area contributed by atoms with Gasteiger partial charge in [0.25, 0.3) is 0 Å². The maximum absolute atomic E-state index is 12.8. The van der Waals surface area contributed by atoms with Gasteiger partial charge in [-0.25, -0.2) is 4.98 Å². The summed E-state index contributed by atoms with van der Waals surface area (Å²) in [6.45, 7) is 4.28. The minimum Gasteiger partial charge on any atom is -0.496 e. The maximum atomic E-state index is 12.8. The number of hydrogen-bond donors (Lipinski definition) is 2. The summed E-state index contributed by atoms with van der Waals surface area (Å²) in [5, 5.41) is 3.22. The third-order valence-corrected chi connectivity index (χ3v) is 6.08. The molecule has 0 aliphatic rings. The number of nitrogens with zero attached hydrogens (tertiary/aromatic N) is 1. The van der Waals surface area contributed by atoms with Gasteiger partial charge in [-0.3, -0.25) is 4.79 Å². The summed E-state index contributed by atoms with van der Waals surface area (Å²) in [6.07, 6.45) is 4.87. The number of nitrogen functional groups attached to an aromatic ring is 1. The molecule has 5 nitrogen and oxygen atoms in total. The fourth-order valence-corrected chi connectivity index (χ4v) is 4.31. The number of aromatic amines is 1. The van der Waals surface area contributed by atoms with Crippen molar-refractivity contribution in [3.8, 4) is 17.0 Å². The van der Waals surface area contributed by atoms with E-state index in [1.165, 1.54) is 11.3 Å². The van der Waals surface area contributed by atoms with Crippen LogP contribution in [0.5, 0.6) is 5.75 Å². The highest BCUT2D eigenvalue weighted by Gasteiger charge is 2.22. The summed E-state index contributed by atoms with van der Waals surface area (Å²) in [6, 6.07) is 15.2. The molecule has 6 heteroatoms. The highest BCUT2D eigenvalue weighted by atomic mass is 32.1. The van der Waals surface area contributed by atoms with Gasteiger partial charge in [0.2, 0.25) is 0 Å². The van der Waals surface area contributed by atoms with E-state index in [1.807, 2.05) is 53.9 Å². The van der Waals surface area contributed by atoms with Gasteiger partial charge in [-0.2, -0.15) is 0 Å². The van der Waals surface area contributed by atoms with Crippen molar-refractivity contribution in [3.63, 3.8) is 0 Å². The molecule has 4 aromatic rings. The van der Waals surface area contributed by atoms with E-state index < -0.39 is 0 Å². The number of aromatic nitrogens is 2. The van der Waals surface area contributed by atoms with Crippen LogP contribution in [-0.4, -0.2) is 17.1 Å². The first-order valence-electron chi connectivity index (χ1n) is 10.1. The Morgan fingerprint density at radius 3 is 2.65 bits per heavy atom. The Morgan fingerprint density at radius 2 is 1.97 bits per heavy atom. The molecule has 0 aliphatic carbocycles. The zero-order valence-electron chi connectivity index (χ0n) is 17.8. The van der Waals surface area contributed by atoms with Crippen LogP contribution in [0.25, 0.3) is 28.2 Å². The number of nitrogens with one attached hydrogen (secondary N) is 1. The van der Waals surface area contributed by atoms with Gasteiger partial charge >= 0.3 is 0 Å². The number of fused-ring (bicyclic) bond motifs is 1. The number of thiazole rings is 1. The molecule has 0 saturated carbocycles. The van der Waals surface area contributed by atoms with E-state index in [0.29, 0.717) is 16.3 Å². The average molecular weight is 432 g/mol. The van der Waals surface area contributed by atoms with Gasteiger partial charge in [0.05, 0.1) is 18.3 Å². The van der Waals surface area contributed by atoms with Crippen LogP contribution in [-0.2, 0) is 5.41 Å². The number of ether oxygens (including phenoxy) is 1. The van der Waals surface area contributed by atoms with Crippen LogP contribution >= 0.6 is 11.3 Å². The minimum atomic E-state index is -0.142. The molecular formula is C25H25N3O2S. The first-order valence-corrected chi connectivity index (χ1v) is 10.9. The van der Waals surface area contributed by atoms with Crippen LogP contribution < -0.4 is 15.9 Å². The van der Waals surface area contributed by atoms with E-state index in [9.17, 15) is 4.79 Å². The van der Waals surface area contributed by atoms with Crippen LogP contribution in [0.4, 0.5) is 5.13 Å². The molecule has 0 atom stereocenters. The Balaban J connectivity index is 1.67. The van der Waals surface area contributed by atoms with Crippen LogP contribution in [0.1, 0.15) is 31.5 Å². The molecule has 4 rings (SSSR count). The van der Waals surface area contributed by atoms with Crippen molar-refractivity contribution in [1.29, 1.82) is 0 Å². The standard InChI is InChI=1S/C25H25N3O2S/c1-25(2,23-15-31-24(26)28-23)11-7-10-17-12-18-20(14-22(17)30-3)27-19(13-21(18)29)16-8-5-4-6-9-16/h4-10,12-15H,11H2,1-3H3,(H2,26,28)(H,27,29)/b10-7+. The van der Waals surface area contributed by atoms with E-state index >= 15 is 0 Å². The summed E-state index contributed by atoms with van der Waals surface area (Å²) >= 11 is 1.45. The topological polar surface area (TPSA) is 81.0 Å². The van der Waals surface area contributed by atoms with E-state index in [1.54, 1.807) is 13.2 Å². The summed E-state index contributed by atoms with van der Waals surface area (Å²) in [4.78, 5) is 20.6. The van der Waals surface area contributed by atoms with E-state index in [2.05, 4.69) is 29.9 Å². The third-order valence-electron chi connectivity index (χ3n) is 5.41. The number of hydrogen-bond acceptors (Lipinski definition) is 5. The zero-order valence-corrected chi connectivity index (χ0v) is 18.6. The van der Waals surface area contributed by atoms with Crippen molar-refractivity contribution in [2.45, 2.75) is 25.7 Å². The second-order valence-corrected chi connectivity index (χ2v) is 9.00. The molecule has 0 unspecified atom stereocenters. The van der Waals surface area contributed by atoms with Crippen molar-refractivity contribution >= 4 is 33.4 Å². The largest absolute Gasteiger partial charge is 0.496 e. The fourth-order valence-electron chi connectivity index (χ4n) is 3.56. The van der Waals surface area contributed by atoms with Gasteiger partial charge < -0.3 is 15.5 Å². The number of allylic oxidation sites excluding steroid dienone is 1. The Kier molecular flexibility index (Phi) is 5.65. The molecule has 0 spiro atoms. The SMILES string of the molecule is COc1cc2[nH]c(-c3ccccc3)cc(=O)c2cc1/C=C/CC(C)(C)c1csc(N)n1. The van der Waals surface area contributed by atoms with E-state index in [4.69, 9.17) is 10.5 Å². The first kappa shape index (κ1) is 20.9. The van der Waals surface area contributed by atoms with Gasteiger partial charge in [0.15, 0.2) is 10.6 Å². The molecule has 31 heavy (non-hydrogen) atoms. The van der Waals surface area contributed by atoms with E-state index in [0.717, 1.165) is 34.5 Å². The number of H-pyrrole nitrogens is 1. The normalized spacial score (nSPS) is 12.0.